The molecule has 1 fully saturated rings. The Morgan fingerprint density at radius 3 is 2.80 bits per heavy atom. The maximum Gasteiger partial charge on any atom is 0.0115 e. The predicted octanol–water partition coefficient (Wildman–Crippen LogP) is 5.36. The third-order valence-electron chi connectivity index (χ3n) is 4.81. The summed E-state index contributed by atoms with van der Waals surface area (Å²) in [7, 11) is 0. The van der Waals surface area contributed by atoms with Gasteiger partial charge >= 0.3 is 0 Å². The molecule has 1 saturated carbocycles. The molecule has 2 unspecified atom stereocenters. The molecule has 1 aromatic rings. The van der Waals surface area contributed by atoms with E-state index in [4.69, 9.17) is 0 Å². The minimum absolute atomic E-state index is 0.267. The maximum absolute atomic E-state index is 3.86. The molecule has 1 aromatic heterocycles. The van der Waals surface area contributed by atoms with Crippen molar-refractivity contribution in [3.05, 3.63) is 22.4 Å². The van der Waals surface area contributed by atoms with Crippen molar-refractivity contribution in [2.45, 2.75) is 77.2 Å². The van der Waals surface area contributed by atoms with Crippen molar-refractivity contribution in [1.29, 1.82) is 0 Å². The molecule has 2 heteroatoms. The second-order valence-electron chi connectivity index (χ2n) is 7.10. The number of thiophene rings is 1. The van der Waals surface area contributed by atoms with Gasteiger partial charge in [-0.15, -0.1) is 11.3 Å². The normalized spacial score (nSPS) is 24.6. The van der Waals surface area contributed by atoms with Crippen molar-refractivity contribution in [3.8, 4) is 0 Å². The smallest absolute Gasteiger partial charge is 0.0115 e. The van der Waals surface area contributed by atoms with Gasteiger partial charge in [0.25, 0.3) is 0 Å². The van der Waals surface area contributed by atoms with Crippen LogP contribution in [-0.4, -0.2) is 12.6 Å². The van der Waals surface area contributed by atoms with Gasteiger partial charge in [-0.1, -0.05) is 52.5 Å². The van der Waals surface area contributed by atoms with E-state index >= 15 is 0 Å². The number of hydrogen-bond donors (Lipinski definition) is 1. The molecule has 1 aliphatic rings. The van der Waals surface area contributed by atoms with E-state index in [0.717, 1.165) is 18.5 Å². The van der Waals surface area contributed by atoms with Crippen LogP contribution in [0.3, 0.4) is 0 Å². The van der Waals surface area contributed by atoms with E-state index in [9.17, 15) is 0 Å². The van der Waals surface area contributed by atoms with Crippen LogP contribution in [0.4, 0.5) is 0 Å². The first-order chi connectivity index (χ1) is 9.62. The monoisotopic (exact) mass is 293 g/mol. The lowest BCUT2D eigenvalue weighted by Gasteiger charge is -2.27. The first-order valence-corrected chi connectivity index (χ1v) is 9.27. The van der Waals surface area contributed by atoms with Gasteiger partial charge in [0.1, 0.15) is 0 Å². The number of hydrogen-bond acceptors (Lipinski definition) is 2. The third-order valence-corrected chi connectivity index (χ3v) is 6.04. The van der Waals surface area contributed by atoms with Crippen molar-refractivity contribution in [2.75, 3.05) is 6.54 Å². The van der Waals surface area contributed by atoms with Gasteiger partial charge in [0, 0.05) is 22.9 Å². The molecule has 1 aliphatic carbocycles. The van der Waals surface area contributed by atoms with Gasteiger partial charge in [-0.25, -0.2) is 0 Å². The first kappa shape index (κ1) is 16.0. The van der Waals surface area contributed by atoms with Crippen LogP contribution < -0.4 is 5.32 Å². The Morgan fingerprint density at radius 1 is 1.25 bits per heavy atom. The van der Waals surface area contributed by atoms with E-state index in [1.807, 2.05) is 11.3 Å². The van der Waals surface area contributed by atoms with Gasteiger partial charge in [-0.05, 0) is 36.6 Å². The average Bonchev–Trinajstić information content (AvgIpc) is 2.87. The largest absolute Gasteiger partial charge is 0.313 e. The van der Waals surface area contributed by atoms with Gasteiger partial charge in [0.2, 0.25) is 0 Å². The van der Waals surface area contributed by atoms with Crippen LogP contribution in [-0.2, 0) is 5.41 Å². The maximum atomic E-state index is 3.86. The van der Waals surface area contributed by atoms with Crippen molar-refractivity contribution in [2.24, 2.45) is 5.92 Å². The van der Waals surface area contributed by atoms with Crippen molar-refractivity contribution < 1.29 is 0 Å². The summed E-state index contributed by atoms with van der Waals surface area (Å²) in [4.78, 5) is 1.50. The molecular formula is C18H31NS. The molecule has 0 amide bonds. The van der Waals surface area contributed by atoms with Crippen LogP contribution in [0.15, 0.2) is 17.5 Å². The summed E-state index contributed by atoms with van der Waals surface area (Å²) in [5.41, 5.74) is 0.267. The Bertz CT molecular complexity index is 369. The summed E-state index contributed by atoms with van der Waals surface area (Å²) in [6.07, 6.45) is 9.86. The van der Waals surface area contributed by atoms with E-state index in [0.29, 0.717) is 0 Å². The van der Waals surface area contributed by atoms with Crippen LogP contribution >= 0.6 is 11.3 Å². The van der Waals surface area contributed by atoms with E-state index in [1.165, 1.54) is 49.8 Å². The van der Waals surface area contributed by atoms with Gasteiger partial charge < -0.3 is 5.32 Å². The zero-order valence-corrected chi connectivity index (χ0v) is 14.3. The van der Waals surface area contributed by atoms with Crippen LogP contribution in [0.2, 0.25) is 0 Å². The zero-order valence-electron chi connectivity index (χ0n) is 13.5. The highest BCUT2D eigenvalue weighted by Gasteiger charge is 2.24. The fraction of sp³-hybridized carbons (Fsp3) is 0.778. The van der Waals surface area contributed by atoms with E-state index in [2.05, 4.69) is 43.6 Å². The second kappa shape index (κ2) is 7.61. The summed E-state index contributed by atoms with van der Waals surface area (Å²) in [6.45, 7) is 8.16. The molecule has 0 radical (unpaired) electrons. The highest BCUT2D eigenvalue weighted by Crippen LogP contribution is 2.29. The average molecular weight is 294 g/mol. The van der Waals surface area contributed by atoms with Gasteiger partial charge in [-0.2, -0.15) is 0 Å². The quantitative estimate of drug-likeness (QED) is 0.696. The predicted molar refractivity (Wildman–Crippen MR) is 90.6 cm³/mol. The Kier molecular flexibility index (Phi) is 6.10. The minimum atomic E-state index is 0.267. The summed E-state index contributed by atoms with van der Waals surface area (Å²) in [5, 5.41) is 6.05. The standard InChI is InChI=1S/C18H31NS/c1-4-7-15-8-5-9-16(12-11-15)19-14-18(2,3)17-10-6-13-20-17/h6,10,13,15-16,19H,4-5,7-9,11-12,14H2,1-3H3. The van der Waals surface area contributed by atoms with Crippen LogP contribution in [0.25, 0.3) is 0 Å². The van der Waals surface area contributed by atoms with E-state index in [1.54, 1.807) is 0 Å². The number of rotatable bonds is 6. The summed E-state index contributed by atoms with van der Waals surface area (Å²) < 4.78 is 0. The zero-order chi connectivity index (χ0) is 14.4. The Morgan fingerprint density at radius 2 is 2.10 bits per heavy atom. The third kappa shape index (κ3) is 4.60. The van der Waals surface area contributed by atoms with Crippen molar-refractivity contribution in [1.82, 2.24) is 5.32 Å². The van der Waals surface area contributed by atoms with Crippen molar-refractivity contribution in [3.63, 3.8) is 0 Å². The first-order valence-electron chi connectivity index (χ1n) is 8.39. The van der Waals surface area contributed by atoms with E-state index in [-0.39, 0.29) is 5.41 Å². The number of nitrogens with one attached hydrogen (secondary N) is 1. The van der Waals surface area contributed by atoms with Crippen LogP contribution in [0, 0.1) is 5.92 Å². The fourth-order valence-corrected chi connectivity index (χ4v) is 4.28. The molecule has 0 bridgehead atoms. The van der Waals surface area contributed by atoms with Crippen LogP contribution in [0.1, 0.15) is 70.6 Å². The van der Waals surface area contributed by atoms with Gasteiger partial charge in [0.15, 0.2) is 0 Å². The molecule has 0 spiro atoms. The molecule has 2 atom stereocenters. The Hall–Kier alpha value is -0.340. The summed E-state index contributed by atoms with van der Waals surface area (Å²) in [5.74, 6) is 0.997. The van der Waals surface area contributed by atoms with Crippen LogP contribution in [0.5, 0.6) is 0 Å². The molecule has 1 N–H and O–H groups in total. The molecule has 0 aromatic carbocycles. The highest BCUT2D eigenvalue weighted by atomic mass is 32.1. The lowest BCUT2D eigenvalue weighted by Crippen LogP contribution is -2.38. The Balaban J connectivity index is 1.79. The molecule has 0 saturated heterocycles. The molecule has 20 heavy (non-hydrogen) atoms. The van der Waals surface area contributed by atoms with E-state index < -0.39 is 0 Å². The molecular weight excluding hydrogens is 262 g/mol. The summed E-state index contributed by atoms with van der Waals surface area (Å²) >= 11 is 1.89. The lowest BCUT2D eigenvalue weighted by atomic mass is 9.90. The summed E-state index contributed by atoms with van der Waals surface area (Å²) in [6, 6.07) is 5.19. The molecule has 2 rings (SSSR count). The highest BCUT2D eigenvalue weighted by molar-refractivity contribution is 7.10. The SMILES string of the molecule is CCCC1CCCC(NCC(C)(C)c2cccs2)CC1. The molecule has 1 nitrogen and oxygen atoms in total. The fourth-order valence-electron chi connectivity index (χ4n) is 3.43. The van der Waals surface area contributed by atoms with Crippen molar-refractivity contribution >= 4 is 11.3 Å². The Labute approximate surface area is 129 Å². The van der Waals surface area contributed by atoms with Gasteiger partial charge in [-0.3, -0.25) is 0 Å². The topological polar surface area (TPSA) is 12.0 Å². The lowest BCUT2D eigenvalue weighted by molar-refractivity contribution is 0.383. The molecule has 114 valence electrons. The van der Waals surface area contributed by atoms with Gasteiger partial charge in [0.05, 0.1) is 0 Å². The second-order valence-corrected chi connectivity index (χ2v) is 8.05. The minimum Gasteiger partial charge on any atom is -0.313 e. The molecule has 1 heterocycles. The molecule has 0 aliphatic heterocycles.